The number of hydrogen-bond donors (Lipinski definition) is 2. The first-order valence-electron chi connectivity index (χ1n) is 13.7. The molecule has 2 N–H and O–H groups in total. The van der Waals surface area contributed by atoms with Crippen LogP contribution in [0, 0.1) is 5.82 Å². The number of nitrogens with one attached hydrogen (secondary N) is 2. The highest BCUT2D eigenvalue weighted by atomic mass is 19.3. The predicted octanol–water partition coefficient (Wildman–Crippen LogP) is 5.27. The van der Waals surface area contributed by atoms with E-state index >= 15 is 0 Å². The molecule has 0 bridgehead atoms. The van der Waals surface area contributed by atoms with E-state index in [1.807, 2.05) is 30.1 Å². The molecule has 0 radical (unpaired) electrons. The van der Waals surface area contributed by atoms with Crippen molar-refractivity contribution in [3.63, 3.8) is 0 Å². The first kappa shape index (κ1) is 30.8. The van der Waals surface area contributed by atoms with Gasteiger partial charge in [-0.05, 0) is 56.1 Å². The monoisotopic (exact) mass is 613 g/mol. The quantitative estimate of drug-likeness (QED) is 0.175. The third-order valence-corrected chi connectivity index (χ3v) is 6.80. The summed E-state index contributed by atoms with van der Waals surface area (Å²) in [4.78, 5) is 24.9. The SMILES string of the molecule is C=CC(=O)Nc1cc(Nc2nccc(-n3cc(CN(C)C)c4ccc(F)cc43)n2)c(OC(F)C(F)F)cc1N1CCOCC1. The fourth-order valence-corrected chi connectivity index (χ4v) is 4.88. The van der Waals surface area contributed by atoms with Gasteiger partial charge in [-0.3, -0.25) is 4.79 Å². The number of aromatic nitrogens is 3. The summed E-state index contributed by atoms with van der Waals surface area (Å²) in [6, 6.07) is 8.90. The van der Waals surface area contributed by atoms with E-state index in [1.54, 1.807) is 16.7 Å². The lowest BCUT2D eigenvalue weighted by molar-refractivity contribution is -0.111. The van der Waals surface area contributed by atoms with E-state index in [9.17, 15) is 22.4 Å². The van der Waals surface area contributed by atoms with E-state index in [4.69, 9.17) is 9.47 Å². The van der Waals surface area contributed by atoms with Crippen LogP contribution in [0.2, 0.25) is 0 Å². The molecule has 4 aromatic rings. The number of nitrogens with zero attached hydrogens (tertiary/aromatic N) is 5. The van der Waals surface area contributed by atoms with E-state index in [-0.39, 0.29) is 23.1 Å². The van der Waals surface area contributed by atoms with Crippen molar-refractivity contribution in [2.75, 3.05) is 55.9 Å². The molecule has 1 fully saturated rings. The molecule has 1 aliphatic rings. The van der Waals surface area contributed by atoms with Gasteiger partial charge in [0.1, 0.15) is 17.4 Å². The molecule has 1 aliphatic heterocycles. The molecule has 232 valence electrons. The Hall–Kier alpha value is -4.69. The van der Waals surface area contributed by atoms with Crippen LogP contribution in [0.5, 0.6) is 5.75 Å². The van der Waals surface area contributed by atoms with Crippen LogP contribution in [0.3, 0.4) is 0 Å². The van der Waals surface area contributed by atoms with Crippen LogP contribution in [0.1, 0.15) is 5.56 Å². The third kappa shape index (κ3) is 6.92. The number of morpholine rings is 1. The highest BCUT2D eigenvalue weighted by Crippen LogP contribution is 2.40. The van der Waals surface area contributed by atoms with Crippen LogP contribution < -0.4 is 20.3 Å². The fraction of sp³-hybridized carbons (Fsp3) is 0.300. The number of fused-ring (bicyclic) bond motifs is 1. The molecular weight excluding hydrogens is 582 g/mol. The number of ether oxygens (including phenoxy) is 2. The Morgan fingerprint density at radius 3 is 2.64 bits per heavy atom. The van der Waals surface area contributed by atoms with Crippen molar-refractivity contribution in [1.29, 1.82) is 0 Å². The number of carbonyl (C=O) groups excluding carboxylic acids is 1. The average molecular weight is 614 g/mol. The van der Waals surface area contributed by atoms with Crippen molar-refractivity contribution in [3.8, 4) is 11.6 Å². The van der Waals surface area contributed by atoms with E-state index in [1.165, 1.54) is 30.5 Å². The first-order chi connectivity index (χ1) is 21.1. The molecule has 1 amide bonds. The zero-order chi connectivity index (χ0) is 31.4. The Bertz CT molecular complexity index is 1660. The maximum Gasteiger partial charge on any atom is 0.304 e. The Labute approximate surface area is 250 Å². The molecule has 2 aromatic heterocycles. The van der Waals surface area contributed by atoms with Crippen molar-refractivity contribution in [1.82, 2.24) is 19.4 Å². The Morgan fingerprint density at radius 1 is 1.16 bits per heavy atom. The van der Waals surface area contributed by atoms with Crippen LogP contribution in [-0.4, -0.2) is 78.5 Å². The molecule has 1 atom stereocenters. The molecule has 0 saturated carbocycles. The number of alkyl halides is 3. The molecule has 2 aromatic carbocycles. The van der Waals surface area contributed by atoms with E-state index in [0.717, 1.165) is 17.0 Å². The molecule has 3 heterocycles. The van der Waals surface area contributed by atoms with Crippen molar-refractivity contribution >= 4 is 39.8 Å². The summed E-state index contributed by atoms with van der Waals surface area (Å²) in [5, 5.41) is 6.46. The van der Waals surface area contributed by atoms with Crippen molar-refractivity contribution in [2.24, 2.45) is 0 Å². The van der Waals surface area contributed by atoms with Gasteiger partial charge in [0.15, 0.2) is 0 Å². The van der Waals surface area contributed by atoms with Crippen LogP contribution in [0.25, 0.3) is 16.7 Å². The van der Waals surface area contributed by atoms with Crippen LogP contribution >= 0.6 is 0 Å². The summed E-state index contributed by atoms with van der Waals surface area (Å²) in [6.45, 7) is 5.72. The number of rotatable bonds is 11. The van der Waals surface area contributed by atoms with Crippen LogP contribution in [0.15, 0.2) is 61.4 Å². The predicted molar refractivity (Wildman–Crippen MR) is 159 cm³/mol. The van der Waals surface area contributed by atoms with E-state index in [2.05, 4.69) is 27.2 Å². The number of amides is 1. The van der Waals surface area contributed by atoms with Crippen molar-refractivity contribution < 1.29 is 31.8 Å². The van der Waals surface area contributed by atoms with Crippen molar-refractivity contribution in [2.45, 2.75) is 19.3 Å². The second-order valence-corrected chi connectivity index (χ2v) is 10.2. The minimum absolute atomic E-state index is 0.00679. The van der Waals surface area contributed by atoms with Gasteiger partial charge in [0.2, 0.25) is 11.9 Å². The van der Waals surface area contributed by atoms with Gasteiger partial charge in [0.25, 0.3) is 6.36 Å². The van der Waals surface area contributed by atoms with Gasteiger partial charge in [-0.15, -0.1) is 0 Å². The summed E-state index contributed by atoms with van der Waals surface area (Å²) in [5.74, 6) is -0.809. The minimum atomic E-state index is -3.41. The number of benzene rings is 2. The Kier molecular flexibility index (Phi) is 9.30. The maximum atomic E-state index is 14.3. The summed E-state index contributed by atoms with van der Waals surface area (Å²) in [5.41, 5.74) is 2.23. The summed E-state index contributed by atoms with van der Waals surface area (Å²) >= 11 is 0. The molecule has 1 unspecified atom stereocenters. The maximum absolute atomic E-state index is 14.3. The normalized spacial score (nSPS) is 14.2. The van der Waals surface area contributed by atoms with E-state index in [0.29, 0.717) is 49.9 Å². The van der Waals surface area contributed by atoms with Gasteiger partial charge in [-0.25, -0.2) is 18.2 Å². The standard InChI is InChI=1S/C30H31F4N7O3/c1-4-27(42)36-21-14-22(25(44-29(34)28(32)33)15-24(21)40-9-11-43-12-10-40)37-30-35-8-7-26(38-30)41-17-18(16-39(2)3)20-6-5-19(31)13-23(20)41/h4-8,13-15,17,28-29H,1,9-12,16H2,2-3H3,(H,36,42)(H,35,37,38). The third-order valence-electron chi connectivity index (χ3n) is 6.80. The van der Waals surface area contributed by atoms with Gasteiger partial charge in [-0.1, -0.05) is 6.58 Å². The highest BCUT2D eigenvalue weighted by molar-refractivity contribution is 6.02. The first-order valence-corrected chi connectivity index (χ1v) is 13.7. The molecule has 0 spiro atoms. The van der Waals surface area contributed by atoms with Crippen molar-refractivity contribution in [3.05, 3.63) is 72.8 Å². The second kappa shape index (κ2) is 13.3. The largest absolute Gasteiger partial charge is 0.452 e. The lowest BCUT2D eigenvalue weighted by Crippen LogP contribution is -2.36. The van der Waals surface area contributed by atoms with Crippen LogP contribution in [0.4, 0.5) is 40.6 Å². The van der Waals surface area contributed by atoms with Crippen LogP contribution in [-0.2, 0) is 16.1 Å². The molecule has 44 heavy (non-hydrogen) atoms. The zero-order valence-electron chi connectivity index (χ0n) is 24.1. The molecule has 5 rings (SSSR count). The number of carbonyl (C=O) groups is 1. The van der Waals surface area contributed by atoms with Gasteiger partial charge in [-0.2, -0.15) is 9.37 Å². The van der Waals surface area contributed by atoms with E-state index < -0.39 is 24.5 Å². The molecular formula is C30H31F4N7O3. The highest BCUT2D eigenvalue weighted by Gasteiger charge is 2.26. The lowest BCUT2D eigenvalue weighted by Gasteiger charge is -2.31. The average Bonchev–Trinajstić information content (AvgIpc) is 3.35. The summed E-state index contributed by atoms with van der Waals surface area (Å²) in [7, 11) is 3.84. The Morgan fingerprint density at radius 2 is 1.93 bits per heavy atom. The number of anilines is 4. The molecule has 10 nitrogen and oxygen atoms in total. The number of halogens is 4. The smallest absolute Gasteiger partial charge is 0.304 e. The second-order valence-electron chi connectivity index (χ2n) is 10.2. The van der Waals surface area contributed by atoms with Gasteiger partial charge in [0.05, 0.1) is 35.8 Å². The summed E-state index contributed by atoms with van der Waals surface area (Å²) < 4.78 is 67.2. The fourth-order valence-electron chi connectivity index (χ4n) is 4.88. The number of hydrogen-bond acceptors (Lipinski definition) is 8. The summed E-state index contributed by atoms with van der Waals surface area (Å²) in [6.07, 6.45) is -1.95. The minimum Gasteiger partial charge on any atom is -0.452 e. The zero-order valence-corrected chi connectivity index (χ0v) is 24.1. The molecule has 14 heteroatoms. The van der Waals surface area contributed by atoms with Gasteiger partial charge in [0, 0.05) is 43.5 Å². The topological polar surface area (TPSA) is 96.8 Å². The van der Waals surface area contributed by atoms with Gasteiger partial charge >= 0.3 is 6.43 Å². The molecule has 1 saturated heterocycles. The lowest BCUT2D eigenvalue weighted by atomic mass is 10.1. The van der Waals surface area contributed by atoms with Gasteiger partial charge < -0.3 is 34.5 Å². The Balaban J connectivity index is 1.57. The molecule has 0 aliphatic carbocycles.